The van der Waals surface area contributed by atoms with Gasteiger partial charge in [0.25, 0.3) is 0 Å². The van der Waals surface area contributed by atoms with Crippen molar-refractivity contribution in [2.75, 3.05) is 19.8 Å². The van der Waals surface area contributed by atoms with Crippen LogP contribution in [-0.4, -0.2) is 70.5 Å². The van der Waals surface area contributed by atoms with Crippen molar-refractivity contribution >= 4 is 29.9 Å². The monoisotopic (exact) mass is 798 g/mol. The molecule has 0 saturated heterocycles. The van der Waals surface area contributed by atoms with Crippen LogP contribution in [0, 0.1) is 0 Å². The van der Waals surface area contributed by atoms with Crippen LogP contribution in [0.4, 0.5) is 0 Å². The highest BCUT2D eigenvalue weighted by Crippen LogP contribution is 2.19. The lowest BCUT2D eigenvalue weighted by Gasteiger charge is -2.37. The molecule has 0 aliphatic carbocycles. The lowest BCUT2D eigenvalue weighted by molar-refractivity contribution is -0.150. The molecular formula is C46H88ClN3O5. The summed E-state index contributed by atoms with van der Waals surface area (Å²) >= 11 is 0. The number of rotatable bonds is 41. The van der Waals surface area contributed by atoms with E-state index >= 15 is 0 Å². The summed E-state index contributed by atoms with van der Waals surface area (Å²) in [4.78, 5) is 41.8. The summed E-state index contributed by atoms with van der Waals surface area (Å²) in [5.41, 5.74) is 11.9. The quantitative estimate of drug-likeness (QED) is 0.0356. The highest BCUT2D eigenvalue weighted by Gasteiger charge is 2.39. The predicted octanol–water partition coefficient (Wildman–Crippen LogP) is 10.6. The third kappa shape index (κ3) is 31.1. The van der Waals surface area contributed by atoms with Gasteiger partial charge in [-0.05, 0) is 83.6 Å². The smallest absolute Gasteiger partial charge is 0.240 e. The molecule has 55 heavy (non-hydrogen) atoms. The predicted molar refractivity (Wildman–Crippen MR) is 236 cm³/mol. The van der Waals surface area contributed by atoms with Crippen molar-refractivity contribution in [2.24, 2.45) is 11.5 Å². The van der Waals surface area contributed by atoms with E-state index in [4.69, 9.17) is 11.5 Å². The molecule has 0 saturated carbocycles. The number of carbonyl (C=O) groups excluding carboxylic acids is 3. The number of amides is 1. The van der Waals surface area contributed by atoms with Crippen molar-refractivity contribution in [1.82, 2.24) is 4.90 Å². The maximum absolute atomic E-state index is 13.7. The second kappa shape index (κ2) is 42.0. The number of nitrogens with zero attached hydrogens (tertiary/aromatic N) is 1. The molecule has 0 spiro atoms. The molecule has 3 atom stereocenters. The van der Waals surface area contributed by atoms with E-state index in [0.29, 0.717) is 38.6 Å². The first kappa shape index (κ1) is 55.5. The molecule has 0 fully saturated rings. The first-order valence-corrected chi connectivity index (χ1v) is 22.7. The van der Waals surface area contributed by atoms with Crippen LogP contribution in [-0.2, 0) is 14.4 Å². The molecule has 0 radical (unpaired) electrons. The summed E-state index contributed by atoms with van der Waals surface area (Å²) in [6, 6.07) is -3.35. The molecule has 2 unspecified atom stereocenters. The number of aliphatic hydroxyl groups is 2. The van der Waals surface area contributed by atoms with Crippen molar-refractivity contribution in [1.29, 1.82) is 0 Å². The molecule has 0 heterocycles. The average molecular weight is 799 g/mol. The molecule has 0 aromatic carbocycles. The van der Waals surface area contributed by atoms with Crippen molar-refractivity contribution in [3.05, 3.63) is 24.3 Å². The lowest BCUT2D eigenvalue weighted by atomic mass is 9.97. The molecule has 0 bridgehead atoms. The zero-order valence-electron chi connectivity index (χ0n) is 35.7. The van der Waals surface area contributed by atoms with E-state index in [2.05, 4.69) is 38.2 Å². The number of hydrogen-bond donors (Lipinski definition) is 4. The van der Waals surface area contributed by atoms with E-state index in [-0.39, 0.29) is 36.8 Å². The summed E-state index contributed by atoms with van der Waals surface area (Å²) in [5, 5.41) is 20.8. The van der Waals surface area contributed by atoms with Crippen molar-refractivity contribution in [3.8, 4) is 0 Å². The molecule has 0 aliphatic heterocycles. The standard InChI is InChI=1S/C46H87N3O5.ClH/c1-3-5-7-9-11-13-15-17-19-21-23-25-27-29-31-36-44(52)42(39-50)49(46(54)41(48)35-33-34-38-47)43(40-51)45(53)37-32-30-28-26-24-22-20-18-16-14-12-10-8-6-4-2;/h17-20,41-43,50-51H,3-16,21-40,47-48H2,1-2H3;1H/b19-17-,20-18-;/t41-,42?,43?;/m0./s1. The van der Waals surface area contributed by atoms with Crippen molar-refractivity contribution in [3.63, 3.8) is 0 Å². The van der Waals surface area contributed by atoms with Gasteiger partial charge in [-0.15, -0.1) is 12.4 Å². The summed E-state index contributed by atoms with van der Waals surface area (Å²) in [6.45, 7) is 3.75. The Balaban J connectivity index is 0. The zero-order chi connectivity index (χ0) is 39.9. The fourth-order valence-corrected chi connectivity index (χ4v) is 7.11. The fourth-order valence-electron chi connectivity index (χ4n) is 7.11. The van der Waals surface area contributed by atoms with Gasteiger partial charge in [-0.25, -0.2) is 0 Å². The number of ketones is 2. The largest absolute Gasteiger partial charge is 0.394 e. The van der Waals surface area contributed by atoms with Gasteiger partial charge in [-0.3, -0.25) is 14.4 Å². The highest BCUT2D eigenvalue weighted by atomic mass is 35.5. The fraction of sp³-hybridized carbons (Fsp3) is 0.848. The SMILES string of the molecule is CCCCCCCC/C=C\CCCCCCCC(=O)C(CO)N(C(=O)[C@@H](N)CCCCN)C(CO)C(=O)CCCCCCC/C=C\CCCCCCCC.Cl. The Bertz CT molecular complexity index is 887. The van der Waals surface area contributed by atoms with Crippen LogP contribution in [0.2, 0.25) is 0 Å². The van der Waals surface area contributed by atoms with Gasteiger partial charge >= 0.3 is 0 Å². The molecule has 324 valence electrons. The minimum absolute atomic E-state index is 0. The van der Waals surface area contributed by atoms with Gasteiger partial charge < -0.3 is 26.6 Å². The number of allylic oxidation sites excluding steroid dienone is 4. The van der Waals surface area contributed by atoms with Crippen LogP contribution in [0.5, 0.6) is 0 Å². The van der Waals surface area contributed by atoms with Crippen molar-refractivity contribution in [2.45, 2.75) is 231 Å². The first-order valence-electron chi connectivity index (χ1n) is 22.7. The summed E-state index contributed by atoms with van der Waals surface area (Å²) in [7, 11) is 0. The van der Waals surface area contributed by atoms with E-state index < -0.39 is 37.2 Å². The van der Waals surface area contributed by atoms with Crippen LogP contribution in [0.25, 0.3) is 0 Å². The van der Waals surface area contributed by atoms with E-state index in [9.17, 15) is 24.6 Å². The Morgan fingerprint density at radius 2 is 0.836 bits per heavy atom. The summed E-state index contributed by atoms with van der Waals surface area (Å²) < 4.78 is 0. The molecule has 0 rings (SSSR count). The third-order valence-electron chi connectivity index (χ3n) is 10.7. The average Bonchev–Trinajstić information content (AvgIpc) is 3.17. The Kier molecular flexibility index (Phi) is 42.4. The van der Waals surface area contributed by atoms with Crippen LogP contribution in [0.15, 0.2) is 24.3 Å². The van der Waals surface area contributed by atoms with Gasteiger partial charge in [0.2, 0.25) is 5.91 Å². The van der Waals surface area contributed by atoms with Gasteiger partial charge in [0.15, 0.2) is 11.6 Å². The number of aliphatic hydroxyl groups excluding tert-OH is 2. The molecule has 0 aromatic rings. The molecule has 0 aliphatic rings. The Morgan fingerprint density at radius 1 is 0.509 bits per heavy atom. The first-order chi connectivity index (χ1) is 26.4. The normalized spacial score (nSPS) is 13.3. The van der Waals surface area contributed by atoms with Crippen molar-refractivity contribution < 1.29 is 24.6 Å². The number of hydrogen-bond acceptors (Lipinski definition) is 7. The van der Waals surface area contributed by atoms with Gasteiger partial charge in [0.05, 0.1) is 19.3 Å². The second-order valence-electron chi connectivity index (χ2n) is 15.6. The van der Waals surface area contributed by atoms with Gasteiger partial charge in [0.1, 0.15) is 12.1 Å². The maximum Gasteiger partial charge on any atom is 0.240 e. The number of Topliss-reactive ketones (excluding diaryl/α,β-unsaturated/α-hetero) is 2. The summed E-state index contributed by atoms with van der Waals surface area (Å²) in [5.74, 6) is -1.14. The molecular weight excluding hydrogens is 710 g/mol. The van der Waals surface area contributed by atoms with Crippen LogP contribution in [0.1, 0.15) is 213 Å². The van der Waals surface area contributed by atoms with Crippen LogP contribution < -0.4 is 11.5 Å². The highest BCUT2D eigenvalue weighted by molar-refractivity contribution is 5.95. The minimum atomic E-state index is -1.20. The maximum atomic E-state index is 13.7. The summed E-state index contributed by atoms with van der Waals surface area (Å²) in [6.07, 6.45) is 41.2. The number of unbranched alkanes of at least 4 members (excludes halogenated alkanes) is 23. The topological polar surface area (TPSA) is 147 Å². The Morgan fingerprint density at radius 3 is 1.16 bits per heavy atom. The second-order valence-corrected chi connectivity index (χ2v) is 15.6. The van der Waals surface area contributed by atoms with E-state index in [1.165, 1.54) is 89.9 Å². The zero-order valence-corrected chi connectivity index (χ0v) is 36.5. The molecule has 1 amide bonds. The Hall–Kier alpha value is -1.58. The van der Waals surface area contributed by atoms with Gasteiger partial charge in [-0.2, -0.15) is 0 Å². The number of carbonyl (C=O) groups is 3. The molecule has 0 aromatic heterocycles. The van der Waals surface area contributed by atoms with E-state index in [1.807, 2.05) is 0 Å². The molecule has 9 heteroatoms. The van der Waals surface area contributed by atoms with Crippen LogP contribution in [0.3, 0.4) is 0 Å². The minimum Gasteiger partial charge on any atom is -0.394 e. The van der Waals surface area contributed by atoms with E-state index in [1.54, 1.807) is 0 Å². The van der Waals surface area contributed by atoms with E-state index in [0.717, 1.165) is 69.1 Å². The number of halogens is 1. The van der Waals surface area contributed by atoms with Gasteiger partial charge in [-0.1, -0.05) is 147 Å². The van der Waals surface area contributed by atoms with Gasteiger partial charge in [0, 0.05) is 12.8 Å². The number of nitrogens with two attached hydrogens (primary N) is 2. The lowest BCUT2D eigenvalue weighted by Crippen LogP contribution is -2.60. The Labute approximate surface area is 344 Å². The molecule has 6 N–H and O–H groups in total. The van der Waals surface area contributed by atoms with Crippen LogP contribution >= 0.6 is 12.4 Å². The molecule has 8 nitrogen and oxygen atoms in total. The third-order valence-corrected chi connectivity index (χ3v) is 10.7.